The third kappa shape index (κ3) is 3.85. The Morgan fingerprint density at radius 2 is 1.89 bits per heavy atom. The largest absolute Gasteiger partial charge is 0.481 e. The summed E-state index contributed by atoms with van der Waals surface area (Å²) < 4.78 is 0. The molecule has 18 heavy (non-hydrogen) atoms. The lowest BCUT2D eigenvalue weighted by Gasteiger charge is -2.18. The van der Waals surface area contributed by atoms with Gasteiger partial charge in [-0.05, 0) is 6.42 Å². The van der Waals surface area contributed by atoms with Crippen LogP contribution in [-0.4, -0.2) is 64.1 Å². The second-order valence-corrected chi connectivity index (χ2v) is 4.55. The van der Waals surface area contributed by atoms with E-state index in [-0.39, 0.29) is 19.6 Å². The molecule has 3 unspecified atom stereocenters. The molecule has 4 N–H and O–H groups in total. The molecule has 1 saturated heterocycles. The van der Waals surface area contributed by atoms with E-state index in [1.54, 1.807) is 0 Å². The zero-order valence-corrected chi connectivity index (χ0v) is 10.4. The fourth-order valence-electron chi connectivity index (χ4n) is 1.92. The van der Waals surface area contributed by atoms with Gasteiger partial charge >= 0.3 is 12.0 Å². The summed E-state index contributed by atoms with van der Waals surface area (Å²) in [6.45, 7) is 2.08. The van der Waals surface area contributed by atoms with Crippen molar-refractivity contribution < 1.29 is 24.9 Å². The van der Waals surface area contributed by atoms with Crippen LogP contribution in [0.5, 0.6) is 0 Å². The van der Waals surface area contributed by atoms with E-state index >= 15 is 0 Å². The monoisotopic (exact) mass is 260 g/mol. The summed E-state index contributed by atoms with van der Waals surface area (Å²) in [7, 11) is 0. The average molecular weight is 260 g/mol. The molecule has 0 saturated carbocycles. The van der Waals surface area contributed by atoms with Crippen LogP contribution in [0.3, 0.4) is 0 Å². The third-order valence-electron chi connectivity index (χ3n) is 3.03. The number of hydrogen-bond donors (Lipinski definition) is 4. The maximum Gasteiger partial charge on any atom is 0.317 e. The van der Waals surface area contributed by atoms with Gasteiger partial charge in [0.1, 0.15) is 0 Å². The maximum atomic E-state index is 11.7. The molecule has 1 aliphatic rings. The molecular formula is C11H20N2O5. The Labute approximate surface area is 105 Å². The molecule has 0 aliphatic carbocycles. The van der Waals surface area contributed by atoms with Crippen LogP contribution >= 0.6 is 0 Å². The smallest absolute Gasteiger partial charge is 0.317 e. The first-order chi connectivity index (χ1) is 8.45. The lowest BCUT2D eigenvalue weighted by molar-refractivity contribution is -0.141. The van der Waals surface area contributed by atoms with Gasteiger partial charge in [0, 0.05) is 6.54 Å². The molecule has 2 amide bonds. The molecule has 1 rings (SSSR count). The molecule has 0 bridgehead atoms. The minimum atomic E-state index is -0.932. The molecule has 1 heterocycles. The van der Waals surface area contributed by atoms with Gasteiger partial charge in [-0.1, -0.05) is 13.3 Å². The van der Waals surface area contributed by atoms with Gasteiger partial charge in [-0.25, -0.2) is 4.79 Å². The second-order valence-electron chi connectivity index (χ2n) is 4.55. The van der Waals surface area contributed by atoms with E-state index in [0.29, 0.717) is 6.42 Å². The number of amides is 2. The number of carboxylic acids is 1. The molecule has 104 valence electrons. The Morgan fingerprint density at radius 1 is 1.33 bits per heavy atom. The Morgan fingerprint density at radius 3 is 2.33 bits per heavy atom. The van der Waals surface area contributed by atoms with Gasteiger partial charge in [0.15, 0.2) is 0 Å². The predicted molar refractivity (Wildman–Crippen MR) is 63.0 cm³/mol. The van der Waals surface area contributed by atoms with Crippen molar-refractivity contribution in [2.75, 3.05) is 19.6 Å². The topological polar surface area (TPSA) is 110 Å². The summed E-state index contributed by atoms with van der Waals surface area (Å²) in [5, 5.41) is 30.0. The Balaban J connectivity index is 2.38. The standard InChI is InChI=1S/C11H20N2O5/c1-2-3-7(10(16)17)4-12-11(18)13-5-8(14)9(15)6-13/h7-9,14-15H,2-6H2,1H3,(H,12,18)(H,16,17). The van der Waals surface area contributed by atoms with E-state index in [9.17, 15) is 19.8 Å². The molecule has 7 heteroatoms. The fourth-order valence-corrected chi connectivity index (χ4v) is 1.92. The van der Waals surface area contributed by atoms with Crippen molar-refractivity contribution in [3.8, 4) is 0 Å². The second kappa shape index (κ2) is 6.55. The number of likely N-dealkylation sites (tertiary alicyclic amines) is 1. The summed E-state index contributed by atoms with van der Waals surface area (Å²) in [5.41, 5.74) is 0. The van der Waals surface area contributed by atoms with Crippen LogP contribution in [0.1, 0.15) is 19.8 Å². The first-order valence-corrected chi connectivity index (χ1v) is 6.07. The van der Waals surface area contributed by atoms with Crippen molar-refractivity contribution in [1.82, 2.24) is 10.2 Å². The summed E-state index contributed by atoms with van der Waals surface area (Å²) in [6.07, 6.45) is -0.627. The highest BCUT2D eigenvalue weighted by molar-refractivity contribution is 5.76. The summed E-state index contributed by atoms with van der Waals surface area (Å²) >= 11 is 0. The highest BCUT2D eigenvalue weighted by Gasteiger charge is 2.32. The Hall–Kier alpha value is -1.34. The Kier molecular flexibility index (Phi) is 5.36. The molecular weight excluding hydrogens is 240 g/mol. The first-order valence-electron chi connectivity index (χ1n) is 6.07. The van der Waals surface area contributed by atoms with Crippen LogP contribution in [0.15, 0.2) is 0 Å². The number of aliphatic carboxylic acids is 1. The van der Waals surface area contributed by atoms with Crippen molar-refractivity contribution in [3.05, 3.63) is 0 Å². The van der Waals surface area contributed by atoms with Crippen LogP contribution in [0.2, 0.25) is 0 Å². The third-order valence-corrected chi connectivity index (χ3v) is 3.03. The normalized spacial score (nSPS) is 24.9. The fraction of sp³-hybridized carbons (Fsp3) is 0.818. The van der Waals surface area contributed by atoms with Gasteiger partial charge in [0.05, 0.1) is 31.2 Å². The molecule has 1 fully saturated rings. The SMILES string of the molecule is CCCC(CNC(=O)N1CC(O)C(O)C1)C(=O)O. The molecule has 0 aromatic rings. The number of aliphatic hydroxyl groups is 2. The predicted octanol–water partition coefficient (Wildman–Crippen LogP) is -0.766. The first kappa shape index (κ1) is 14.7. The molecule has 0 spiro atoms. The summed E-state index contributed by atoms with van der Waals surface area (Å²) in [6, 6.07) is -0.451. The molecule has 0 aromatic heterocycles. The van der Waals surface area contributed by atoms with Crippen molar-refractivity contribution in [3.63, 3.8) is 0 Å². The maximum absolute atomic E-state index is 11.7. The van der Waals surface area contributed by atoms with Gasteiger partial charge in [0.25, 0.3) is 0 Å². The zero-order chi connectivity index (χ0) is 13.7. The van der Waals surface area contributed by atoms with Crippen molar-refractivity contribution in [1.29, 1.82) is 0 Å². The van der Waals surface area contributed by atoms with Crippen LogP contribution < -0.4 is 5.32 Å². The molecule has 3 atom stereocenters. The number of nitrogens with zero attached hydrogens (tertiary/aromatic N) is 1. The van der Waals surface area contributed by atoms with Gasteiger partial charge in [-0.15, -0.1) is 0 Å². The molecule has 0 aromatic carbocycles. The van der Waals surface area contributed by atoms with Crippen LogP contribution in [-0.2, 0) is 4.79 Å². The molecule has 1 aliphatic heterocycles. The highest BCUT2D eigenvalue weighted by atomic mass is 16.4. The summed E-state index contributed by atoms with van der Waals surface area (Å²) in [4.78, 5) is 23.8. The Bertz CT molecular complexity index is 300. The number of carbonyl (C=O) groups is 2. The van der Waals surface area contributed by atoms with Gasteiger partial charge in [-0.2, -0.15) is 0 Å². The van der Waals surface area contributed by atoms with Crippen LogP contribution in [0.25, 0.3) is 0 Å². The lowest BCUT2D eigenvalue weighted by Crippen LogP contribution is -2.42. The van der Waals surface area contributed by atoms with E-state index in [1.807, 2.05) is 6.92 Å². The minimum absolute atomic E-state index is 0.0602. The molecule has 7 nitrogen and oxygen atoms in total. The zero-order valence-electron chi connectivity index (χ0n) is 10.4. The number of β-amino-alcohol motifs (C(OH)–C–C–N with tert-alkyl or cyclic N) is 2. The quantitative estimate of drug-likeness (QED) is 0.519. The van der Waals surface area contributed by atoms with E-state index in [2.05, 4.69) is 5.32 Å². The van der Waals surface area contributed by atoms with Crippen molar-refractivity contribution in [2.45, 2.75) is 32.0 Å². The number of carboxylic acid groups (broad SMARTS) is 1. The van der Waals surface area contributed by atoms with Crippen molar-refractivity contribution >= 4 is 12.0 Å². The lowest BCUT2D eigenvalue weighted by atomic mass is 10.0. The summed E-state index contributed by atoms with van der Waals surface area (Å²) in [5.74, 6) is -1.53. The average Bonchev–Trinajstić information content (AvgIpc) is 2.64. The van der Waals surface area contributed by atoms with E-state index in [0.717, 1.165) is 6.42 Å². The number of nitrogens with one attached hydrogen (secondary N) is 1. The van der Waals surface area contributed by atoms with E-state index in [1.165, 1.54) is 4.90 Å². The number of aliphatic hydroxyl groups excluding tert-OH is 2. The van der Waals surface area contributed by atoms with Gasteiger partial charge < -0.3 is 25.5 Å². The van der Waals surface area contributed by atoms with E-state index in [4.69, 9.17) is 5.11 Å². The van der Waals surface area contributed by atoms with Crippen molar-refractivity contribution in [2.24, 2.45) is 5.92 Å². The highest BCUT2D eigenvalue weighted by Crippen LogP contribution is 2.10. The van der Waals surface area contributed by atoms with Crippen LogP contribution in [0, 0.1) is 5.92 Å². The number of urea groups is 1. The van der Waals surface area contributed by atoms with E-state index < -0.39 is 30.1 Å². The number of rotatable bonds is 5. The molecule has 0 radical (unpaired) electrons. The number of carbonyl (C=O) groups excluding carboxylic acids is 1. The van der Waals surface area contributed by atoms with Gasteiger partial charge in [0.2, 0.25) is 0 Å². The van der Waals surface area contributed by atoms with Gasteiger partial charge in [-0.3, -0.25) is 4.79 Å². The minimum Gasteiger partial charge on any atom is -0.481 e. The number of hydrogen-bond acceptors (Lipinski definition) is 4. The van der Waals surface area contributed by atoms with Crippen LogP contribution in [0.4, 0.5) is 4.79 Å².